The number of nitrogens with zero attached hydrogens (tertiary/aromatic N) is 1. The lowest BCUT2D eigenvalue weighted by Crippen LogP contribution is -2.25. The summed E-state index contributed by atoms with van der Waals surface area (Å²) in [5.41, 5.74) is 2.22. The molecule has 1 heterocycles. The lowest BCUT2D eigenvalue weighted by atomic mass is 10.1. The third-order valence-corrected chi connectivity index (χ3v) is 4.93. The van der Waals surface area contributed by atoms with Crippen LogP contribution in [0.3, 0.4) is 0 Å². The lowest BCUT2D eigenvalue weighted by molar-refractivity contribution is 0.282. The highest BCUT2D eigenvalue weighted by Crippen LogP contribution is 2.37. The van der Waals surface area contributed by atoms with E-state index in [1.54, 1.807) is 19.5 Å². The molecule has 1 fully saturated rings. The van der Waals surface area contributed by atoms with Crippen molar-refractivity contribution in [1.82, 2.24) is 10.3 Å². The van der Waals surface area contributed by atoms with Crippen LogP contribution in [-0.2, 0) is 13.2 Å². The third kappa shape index (κ3) is 6.31. The van der Waals surface area contributed by atoms with Crippen LogP contribution in [0.4, 0.5) is 0 Å². The number of aromatic nitrogens is 1. The number of ether oxygens (including phenoxy) is 2. The Morgan fingerprint density at radius 2 is 1.96 bits per heavy atom. The molecule has 2 aromatic rings. The quantitative estimate of drug-likeness (QED) is 0.604. The minimum Gasteiger partial charge on any atom is -0.493 e. The molecule has 0 bridgehead atoms. The average Bonchev–Trinajstić information content (AvgIpc) is 3.13. The summed E-state index contributed by atoms with van der Waals surface area (Å²) < 4.78 is 12.4. The molecule has 0 radical (unpaired) electrons. The van der Waals surface area contributed by atoms with Gasteiger partial charge in [0.2, 0.25) is 0 Å². The van der Waals surface area contributed by atoms with Crippen molar-refractivity contribution in [2.75, 3.05) is 7.11 Å². The predicted octanol–water partition coefficient (Wildman–Crippen LogP) is 5.31. The first-order valence-corrected chi connectivity index (χ1v) is 9.17. The van der Waals surface area contributed by atoms with Crippen molar-refractivity contribution in [2.24, 2.45) is 0 Å². The Bertz CT molecular complexity index is 668. The Morgan fingerprint density at radius 1 is 1.19 bits per heavy atom. The molecule has 4 nitrogen and oxygen atoms in total. The van der Waals surface area contributed by atoms with Gasteiger partial charge in [0.05, 0.1) is 11.6 Å². The molecule has 1 saturated carbocycles. The van der Waals surface area contributed by atoms with E-state index in [1.807, 2.05) is 18.2 Å². The fraction of sp³-hybridized carbons (Fsp3) is 0.421. The van der Waals surface area contributed by atoms with Crippen molar-refractivity contribution in [3.8, 4) is 11.5 Å². The van der Waals surface area contributed by atoms with Crippen LogP contribution >= 0.6 is 40.7 Å². The minimum atomic E-state index is 0. The van der Waals surface area contributed by atoms with E-state index < -0.39 is 0 Å². The second-order valence-corrected chi connectivity index (χ2v) is 6.98. The molecule has 0 amide bonds. The van der Waals surface area contributed by atoms with Crippen molar-refractivity contribution in [3.05, 3.63) is 52.3 Å². The van der Waals surface area contributed by atoms with Gasteiger partial charge < -0.3 is 14.8 Å². The van der Waals surface area contributed by atoms with Gasteiger partial charge in [0.15, 0.2) is 11.5 Å². The molecule has 1 aliphatic rings. The van der Waals surface area contributed by atoms with E-state index >= 15 is 0 Å². The van der Waals surface area contributed by atoms with Gasteiger partial charge in [0.25, 0.3) is 0 Å². The highest BCUT2D eigenvalue weighted by Gasteiger charge is 2.16. The Balaban J connectivity index is 0.00000169. The first kappa shape index (κ1) is 23.0. The number of halogens is 3. The van der Waals surface area contributed by atoms with E-state index in [0.717, 1.165) is 28.1 Å². The maximum absolute atomic E-state index is 5.95. The van der Waals surface area contributed by atoms with E-state index in [9.17, 15) is 0 Å². The number of hydrogen-bond donors (Lipinski definition) is 1. The number of benzene rings is 1. The molecule has 0 atom stereocenters. The molecule has 1 aromatic carbocycles. The van der Waals surface area contributed by atoms with Gasteiger partial charge in [-0.15, -0.1) is 24.8 Å². The van der Waals surface area contributed by atoms with Crippen molar-refractivity contribution in [1.29, 1.82) is 0 Å². The lowest BCUT2D eigenvalue weighted by Gasteiger charge is -2.16. The minimum absolute atomic E-state index is 0. The third-order valence-electron chi connectivity index (χ3n) is 4.35. The molecule has 1 aromatic heterocycles. The summed E-state index contributed by atoms with van der Waals surface area (Å²) in [6.07, 6.45) is 8.80. The maximum atomic E-state index is 5.95. The average molecular weight is 464 g/mol. The number of rotatable bonds is 7. The summed E-state index contributed by atoms with van der Waals surface area (Å²) in [6, 6.07) is 8.70. The Morgan fingerprint density at radius 3 is 2.62 bits per heavy atom. The standard InChI is InChI=1S/C19H23BrN2O2.2ClH/c1-23-18-10-15(12-22-16-6-2-3-7-16)9-17(20)19(18)24-13-14-5-4-8-21-11-14;;/h4-5,8-11,16,22H,2-3,6-7,12-13H2,1H3;2*1H. The predicted molar refractivity (Wildman–Crippen MR) is 113 cm³/mol. The van der Waals surface area contributed by atoms with Gasteiger partial charge >= 0.3 is 0 Å². The van der Waals surface area contributed by atoms with Gasteiger partial charge in [0, 0.05) is 30.5 Å². The molecule has 7 heteroatoms. The molecule has 1 N–H and O–H groups in total. The molecule has 0 unspecified atom stereocenters. The first-order chi connectivity index (χ1) is 11.8. The van der Waals surface area contributed by atoms with E-state index in [1.165, 1.54) is 31.2 Å². The second kappa shape index (κ2) is 11.7. The largest absolute Gasteiger partial charge is 0.493 e. The smallest absolute Gasteiger partial charge is 0.175 e. The number of methoxy groups -OCH3 is 1. The number of nitrogens with one attached hydrogen (secondary N) is 1. The van der Waals surface area contributed by atoms with Crippen molar-refractivity contribution in [2.45, 2.75) is 44.9 Å². The SMILES string of the molecule is COc1cc(CNC2CCCC2)cc(Br)c1OCc1cccnc1.Cl.Cl. The van der Waals surface area contributed by atoms with Crippen LogP contribution in [0.1, 0.15) is 36.8 Å². The van der Waals surface area contributed by atoms with Gasteiger partial charge in [-0.3, -0.25) is 4.98 Å². The molecule has 1 aliphatic carbocycles. The molecular formula is C19H25BrCl2N2O2. The zero-order valence-electron chi connectivity index (χ0n) is 14.7. The van der Waals surface area contributed by atoms with Crippen LogP contribution in [0.5, 0.6) is 11.5 Å². The number of hydrogen-bond acceptors (Lipinski definition) is 4. The number of pyridine rings is 1. The Labute approximate surface area is 176 Å². The summed E-state index contributed by atoms with van der Waals surface area (Å²) in [7, 11) is 1.67. The van der Waals surface area contributed by atoms with E-state index in [2.05, 4.69) is 32.3 Å². The Hall–Kier alpha value is -1.01. The van der Waals surface area contributed by atoms with Gasteiger partial charge in [-0.05, 0) is 52.5 Å². The van der Waals surface area contributed by atoms with Gasteiger partial charge in [-0.25, -0.2) is 0 Å². The summed E-state index contributed by atoms with van der Waals surface area (Å²) in [5, 5.41) is 3.63. The molecule has 26 heavy (non-hydrogen) atoms. The second-order valence-electron chi connectivity index (χ2n) is 6.12. The highest BCUT2D eigenvalue weighted by molar-refractivity contribution is 9.10. The van der Waals surface area contributed by atoms with Crippen molar-refractivity contribution < 1.29 is 9.47 Å². The molecule has 3 rings (SSSR count). The topological polar surface area (TPSA) is 43.4 Å². The van der Waals surface area contributed by atoms with Crippen LogP contribution in [0.15, 0.2) is 41.1 Å². The molecule has 0 spiro atoms. The van der Waals surface area contributed by atoms with Crippen LogP contribution < -0.4 is 14.8 Å². The zero-order valence-corrected chi connectivity index (χ0v) is 18.0. The fourth-order valence-corrected chi connectivity index (χ4v) is 3.65. The van der Waals surface area contributed by atoms with Crippen molar-refractivity contribution >= 4 is 40.7 Å². The first-order valence-electron chi connectivity index (χ1n) is 8.38. The van der Waals surface area contributed by atoms with Crippen LogP contribution in [-0.4, -0.2) is 18.1 Å². The van der Waals surface area contributed by atoms with Crippen LogP contribution in [0.2, 0.25) is 0 Å². The van der Waals surface area contributed by atoms with Crippen LogP contribution in [0, 0.1) is 0 Å². The van der Waals surface area contributed by atoms with Crippen LogP contribution in [0.25, 0.3) is 0 Å². The monoisotopic (exact) mass is 462 g/mol. The molecular weight excluding hydrogens is 439 g/mol. The summed E-state index contributed by atoms with van der Waals surface area (Å²) in [4.78, 5) is 4.11. The maximum Gasteiger partial charge on any atom is 0.175 e. The zero-order chi connectivity index (χ0) is 16.8. The van der Waals surface area contributed by atoms with Crippen molar-refractivity contribution in [3.63, 3.8) is 0 Å². The highest BCUT2D eigenvalue weighted by atomic mass is 79.9. The summed E-state index contributed by atoms with van der Waals surface area (Å²) in [5.74, 6) is 1.47. The summed E-state index contributed by atoms with van der Waals surface area (Å²) in [6.45, 7) is 1.31. The molecule has 144 valence electrons. The van der Waals surface area contributed by atoms with E-state index in [-0.39, 0.29) is 24.8 Å². The van der Waals surface area contributed by atoms with Gasteiger partial charge in [-0.2, -0.15) is 0 Å². The fourth-order valence-electron chi connectivity index (χ4n) is 3.05. The molecule has 0 saturated heterocycles. The van der Waals surface area contributed by atoms with E-state index in [0.29, 0.717) is 12.6 Å². The van der Waals surface area contributed by atoms with Gasteiger partial charge in [-0.1, -0.05) is 18.9 Å². The van der Waals surface area contributed by atoms with E-state index in [4.69, 9.17) is 9.47 Å². The molecule has 0 aliphatic heterocycles. The Kier molecular flexibility index (Phi) is 10.3. The normalized spacial score (nSPS) is 13.6. The van der Waals surface area contributed by atoms with Gasteiger partial charge in [0.1, 0.15) is 6.61 Å². The summed E-state index contributed by atoms with van der Waals surface area (Å²) >= 11 is 3.62.